The van der Waals surface area contributed by atoms with Crippen LogP contribution in [0.5, 0.6) is 0 Å². The fourth-order valence-corrected chi connectivity index (χ4v) is 2.05. The summed E-state index contributed by atoms with van der Waals surface area (Å²) in [5.74, 6) is 0. The Labute approximate surface area is 80.9 Å². The van der Waals surface area contributed by atoms with Crippen LogP contribution in [0.1, 0.15) is 33.6 Å². The van der Waals surface area contributed by atoms with E-state index in [2.05, 4.69) is 18.7 Å². The summed E-state index contributed by atoms with van der Waals surface area (Å²) in [5, 5.41) is 9.49. The molecule has 1 fully saturated rings. The van der Waals surface area contributed by atoms with Gasteiger partial charge >= 0.3 is 0 Å². The summed E-state index contributed by atoms with van der Waals surface area (Å²) in [5.41, 5.74) is 5.98. The highest BCUT2D eigenvalue weighted by Gasteiger charge is 2.30. The zero-order valence-corrected chi connectivity index (χ0v) is 8.90. The van der Waals surface area contributed by atoms with Crippen molar-refractivity contribution < 1.29 is 5.11 Å². The molecule has 3 nitrogen and oxygen atoms in total. The second kappa shape index (κ2) is 4.40. The molecule has 3 N–H and O–H groups in total. The number of hydrogen-bond acceptors (Lipinski definition) is 3. The number of aliphatic hydroxyl groups excluding tert-OH is 1. The smallest absolute Gasteiger partial charge is 0.0664 e. The Morgan fingerprint density at radius 2 is 2.08 bits per heavy atom. The molecule has 78 valence electrons. The van der Waals surface area contributed by atoms with Gasteiger partial charge in [0, 0.05) is 18.1 Å². The van der Waals surface area contributed by atoms with Gasteiger partial charge in [-0.05, 0) is 40.2 Å². The fourth-order valence-electron chi connectivity index (χ4n) is 2.05. The van der Waals surface area contributed by atoms with Crippen molar-refractivity contribution >= 4 is 0 Å². The second-order valence-corrected chi connectivity index (χ2v) is 4.27. The molecule has 13 heavy (non-hydrogen) atoms. The van der Waals surface area contributed by atoms with Crippen LogP contribution in [0, 0.1) is 0 Å². The molecule has 4 atom stereocenters. The summed E-state index contributed by atoms with van der Waals surface area (Å²) < 4.78 is 0. The van der Waals surface area contributed by atoms with Crippen LogP contribution >= 0.6 is 0 Å². The van der Waals surface area contributed by atoms with Gasteiger partial charge in [0.05, 0.1) is 6.10 Å². The van der Waals surface area contributed by atoms with Crippen LogP contribution in [0.4, 0.5) is 0 Å². The van der Waals surface area contributed by atoms with Gasteiger partial charge < -0.3 is 10.8 Å². The number of rotatable bonds is 2. The molecule has 0 spiro atoms. The highest BCUT2D eigenvalue weighted by molar-refractivity contribution is 4.87. The van der Waals surface area contributed by atoms with Crippen molar-refractivity contribution in [3.05, 3.63) is 0 Å². The lowest BCUT2D eigenvalue weighted by Gasteiger charge is -2.42. The highest BCUT2D eigenvalue weighted by Crippen LogP contribution is 2.19. The minimum absolute atomic E-state index is 0.223. The molecule has 0 aromatic rings. The van der Waals surface area contributed by atoms with E-state index in [0.717, 1.165) is 19.4 Å². The first-order valence-corrected chi connectivity index (χ1v) is 5.23. The summed E-state index contributed by atoms with van der Waals surface area (Å²) >= 11 is 0. The van der Waals surface area contributed by atoms with Crippen molar-refractivity contribution in [2.75, 3.05) is 6.54 Å². The zero-order valence-electron chi connectivity index (χ0n) is 8.90. The van der Waals surface area contributed by atoms with Gasteiger partial charge in [0.15, 0.2) is 0 Å². The molecule has 0 radical (unpaired) electrons. The Kier molecular flexibility index (Phi) is 3.71. The Bertz CT molecular complexity index is 157. The predicted molar refractivity (Wildman–Crippen MR) is 54.5 cm³/mol. The highest BCUT2D eigenvalue weighted by atomic mass is 16.3. The fraction of sp³-hybridized carbons (Fsp3) is 1.00. The van der Waals surface area contributed by atoms with E-state index in [-0.39, 0.29) is 18.2 Å². The first kappa shape index (κ1) is 11.0. The molecular weight excluding hydrogens is 164 g/mol. The van der Waals surface area contributed by atoms with Crippen molar-refractivity contribution in [2.45, 2.75) is 57.8 Å². The Morgan fingerprint density at radius 3 is 2.62 bits per heavy atom. The lowest BCUT2D eigenvalue weighted by Crippen LogP contribution is -2.55. The average molecular weight is 186 g/mol. The maximum Gasteiger partial charge on any atom is 0.0664 e. The summed E-state index contributed by atoms with van der Waals surface area (Å²) in [7, 11) is 0. The zero-order chi connectivity index (χ0) is 10.0. The number of likely N-dealkylation sites (tertiary alicyclic amines) is 1. The number of piperidine rings is 1. The predicted octanol–water partition coefficient (Wildman–Crippen LogP) is 0.567. The molecular formula is C10H22N2O. The first-order valence-electron chi connectivity index (χ1n) is 5.23. The number of nitrogens with zero attached hydrogens (tertiary/aromatic N) is 1. The van der Waals surface area contributed by atoms with E-state index in [1.807, 2.05) is 6.92 Å². The van der Waals surface area contributed by atoms with Crippen molar-refractivity contribution in [3.8, 4) is 0 Å². The maximum absolute atomic E-state index is 9.49. The molecule has 0 aliphatic carbocycles. The van der Waals surface area contributed by atoms with Crippen molar-refractivity contribution in [1.29, 1.82) is 0 Å². The van der Waals surface area contributed by atoms with Gasteiger partial charge in [-0.2, -0.15) is 0 Å². The summed E-state index contributed by atoms with van der Waals surface area (Å²) in [6, 6.07) is 0.898. The SMILES string of the molecule is CC(O)C(C)N1CCC[C@@H](N)[C@H]1C. The molecule has 2 unspecified atom stereocenters. The van der Waals surface area contributed by atoms with Gasteiger partial charge in [-0.25, -0.2) is 0 Å². The molecule has 0 saturated carbocycles. The van der Waals surface area contributed by atoms with E-state index >= 15 is 0 Å². The number of hydrogen-bond donors (Lipinski definition) is 2. The van der Waals surface area contributed by atoms with Crippen molar-refractivity contribution in [1.82, 2.24) is 4.90 Å². The van der Waals surface area contributed by atoms with E-state index in [9.17, 15) is 5.11 Å². The third kappa shape index (κ3) is 2.42. The van der Waals surface area contributed by atoms with Crippen LogP contribution in [-0.2, 0) is 0 Å². The summed E-state index contributed by atoms with van der Waals surface area (Å²) in [6.45, 7) is 7.14. The van der Waals surface area contributed by atoms with Crippen molar-refractivity contribution in [2.24, 2.45) is 5.73 Å². The van der Waals surface area contributed by atoms with Crippen LogP contribution in [0.15, 0.2) is 0 Å². The van der Waals surface area contributed by atoms with Gasteiger partial charge in [0.2, 0.25) is 0 Å². The Hall–Kier alpha value is -0.120. The van der Waals surface area contributed by atoms with Crippen LogP contribution in [0.25, 0.3) is 0 Å². The largest absolute Gasteiger partial charge is 0.392 e. The second-order valence-electron chi connectivity index (χ2n) is 4.27. The average Bonchev–Trinajstić information content (AvgIpc) is 2.08. The molecule has 1 saturated heterocycles. The Balaban J connectivity index is 2.57. The third-order valence-corrected chi connectivity index (χ3v) is 3.32. The van der Waals surface area contributed by atoms with Crippen LogP contribution in [-0.4, -0.2) is 40.8 Å². The van der Waals surface area contributed by atoms with Gasteiger partial charge in [0.25, 0.3) is 0 Å². The topological polar surface area (TPSA) is 49.5 Å². The van der Waals surface area contributed by atoms with E-state index in [4.69, 9.17) is 5.73 Å². The molecule has 1 aliphatic heterocycles. The molecule has 0 aromatic carbocycles. The van der Waals surface area contributed by atoms with E-state index in [0.29, 0.717) is 6.04 Å². The quantitative estimate of drug-likeness (QED) is 0.663. The van der Waals surface area contributed by atoms with Crippen LogP contribution in [0.3, 0.4) is 0 Å². The minimum Gasteiger partial charge on any atom is -0.392 e. The molecule has 3 heteroatoms. The summed E-state index contributed by atoms with van der Waals surface area (Å²) in [4.78, 5) is 2.32. The van der Waals surface area contributed by atoms with Crippen molar-refractivity contribution in [3.63, 3.8) is 0 Å². The Morgan fingerprint density at radius 1 is 1.46 bits per heavy atom. The number of aliphatic hydroxyl groups is 1. The molecule has 1 rings (SSSR count). The lowest BCUT2D eigenvalue weighted by atomic mass is 9.95. The third-order valence-electron chi connectivity index (χ3n) is 3.32. The van der Waals surface area contributed by atoms with E-state index in [1.165, 1.54) is 0 Å². The van der Waals surface area contributed by atoms with Gasteiger partial charge in [-0.1, -0.05) is 0 Å². The number of nitrogens with two attached hydrogens (primary N) is 1. The van der Waals surface area contributed by atoms with Gasteiger partial charge in [-0.3, -0.25) is 4.90 Å². The van der Waals surface area contributed by atoms with E-state index in [1.54, 1.807) is 0 Å². The maximum atomic E-state index is 9.49. The van der Waals surface area contributed by atoms with Crippen LogP contribution in [0.2, 0.25) is 0 Å². The van der Waals surface area contributed by atoms with E-state index < -0.39 is 0 Å². The molecule has 0 amide bonds. The summed E-state index contributed by atoms with van der Waals surface area (Å²) in [6.07, 6.45) is 2.00. The molecule has 1 heterocycles. The standard InChI is InChI=1S/C10H22N2O/c1-7(9(3)13)12-6-4-5-10(11)8(12)2/h7-10,13H,4-6,11H2,1-3H3/t7?,8-,9?,10-/m1/s1. The molecule has 0 bridgehead atoms. The first-order chi connectivity index (χ1) is 6.04. The van der Waals surface area contributed by atoms with Crippen LogP contribution < -0.4 is 5.73 Å². The molecule has 1 aliphatic rings. The lowest BCUT2D eigenvalue weighted by molar-refractivity contribution is 0.0235. The van der Waals surface area contributed by atoms with Gasteiger partial charge in [-0.15, -0.1) is 0 Å². The normalized spacial score (nSPS) is 35.8. The van der Waals surface area contributed by atoms with Gasteiger partial charge in [0.1, 0.15) is 0 Å². The monoisotopic (exact) mass is 186 g/mol. The molecule has 0 aromatic heterocycles. The minimum atomic E-state index is -0.271.